The molecule has 2 N–H and O–H groups in total. The first-order valence-corrected chi connectivity index (χ1v) is 8.73. The van der Waals surface area contributed by atoms with E-state index in [4.69, 9.17) is 0 Å². The average molecular weight is 324 g/mol. The molecule has 2 heteroatoms. The molecular weight excluding hydrogens is 304 g/mol. The Bertz CT molecular complexity index is 1190. The first kappa shape index (κ1) is 14.5. The highest BCUT2D eigenvalue weighted by Gasteiger charge is 2.20. The fourth-order valence-electron chi connectivity index (χ4n) is 3.93. The van der Waals surface area contributed by atoms with Gasteiger partial charge in [-0.1, -0.05) is 66.8 Å². The molecule has 0 saturated carbocycles. The zero-order chi connectivity index (χ0) is 17.0. The van der Waals surface area contributed by atoms with Crippen LogP contribution in [-0.4, -0.2) is 17.6 Å². The Morgan fingerprint density at radius 2 is 1.40 bits per heavy atom. The topological polar surface area (TPSA) is 27.8 Å². The lowest BCUT2D eigenvalue weighted by Gasteiger charge is -2.19. The van der Waals surface area contributed by atoms with E-state index in [9.17, 15) is 0 Å². The Kier molecular flexibility index (Phi) is 2.94. The minimum absolute atomic E-state index is 0.126. The second-order valence-electron chi connectivity index (χ2n) is 6.99. The number of hydrogen-bond donors (Lipinski definition) is 2. The van der Waals surface area contributed by atoms with E-state index in [1.807, 2.05) is 7.05 Å². The van der Waals surface area contributed by atoms with E-state index in [1.54, 1.807) is 0 Å². The van der Waals surface area contributed by atoms with Gasteiger partial charge in [-0.05, 0) is 36.2 Å². The molecule has 0 fully saturated rings. The number of benzene rings is 3. The maximum Gasteiger partial charge on any atom is 0.0551 e. The van der Waals surface area contributed by atoms with Crippen molar-refractivity contribution in [2.75, 3.05) is 7.05 Å². The lowest BCUT2D eigenvalue weighted by Crippen LogP contribution is -2.34. The minimum atomic E-state index is -0.126. The van der Waals surface area contributed by atoms with Crippen molar-refractivity contribution in [1.29, 1.82) is 0 Å². The Balaban J connectivity index is 1.99. The molecule has 1 unspecified atom stereocenters. The molecule has 2 nitrogen and oxygen atoms in total. The smallest absolute Gasteiger partial charge is 0.0551 e. The Morgan fingerprint density at radius 1 is 0.800 bits per heavy atom. The zero-order valence-corrected chi connectivity index (χ0v) is 14.4. The summed E-state index contributed by atoms with van der Waals surface area (Å²) in [4.78, 5) is 3.69. The molecule has 0 amide bonds. The molecule has 5 rings (SSSR count). The fourth-order valence-corrected chi connectivity index (χ4v) is 3.93. The number of fused-ring (bicyclic) bond motifs is 8. The number of H-pyrrole nitrogens is 1. The Morgan fingerprint density at radius 3 is 2.12 bits per heavy atom. The van der Waals surface area contributed by atoms with Crippen LogP contribution in [0.3, 0.4) is 0 Å². The van der Waals surface area contributed by atoms with Crippen LogP contribution in [-0.2, 0) is 0 Å². The van der Waals surface area contributed by atoms with Crippen molar-refractivity contribution in [1.82, 2.24) is 10.3 Å². The van der Waals surface area contributed by atoms with E-state index in [0.29, 0.717) is 0 Å². The van der Waals surface area contributed by atoms with E-state index >= 15 is 0 Å². The predicted octanol–water partition coefficient (Wildman–Crippen LogP) is 5.49. The van der Waals surface area contributed by atoms with E-state index < -0.39 is 0 Å². The van der Waals surface area contributed by atoms with Crippen molar-refractivity contribution in [2.24, 2.45) is 0 Å². The molecule has 1 aliphatic carbocycles. The van der Waals surface area contributed by atoms with Gasteiger partial charge in [0.1, 0.15) is 0 Å². The van der Waals surface area contributed by atoms with Crippen LogP contribution in [0.25, 0.3) is 44.6 Å². The summed E-state index contributed by atoms with van der Waals surface area (Å²) in [6.07, 6.45) is 8.92. The average Bonchev–Trinajstić information content (AvgIpc) is 2.96. The normalized spacial score (nSPS) is 19.6. The quantitative estimate of drug-likeness (QED) is 0.445. The summed E-state index contributed by atoms with van der Waals surface area (Å²) >= 11 is 0. The molecule has 0 aliphatic heterocycles. The molecule has 3 aromatic carbocycles. The molecular formula is C23H20N2. The number of aromatic amines is 1. The van der Waals surface area contributed by atoms with Gasteiger partial charge in [-0.3, -0.25) is 0 Å². The van der Waals surface area contributed by atoms with Gasteiger partial charge in [0.25, 0.3) is 0 Å². The number of likely N-dealkylation sites (N-methyl/N-ethyl adjacent to an activating group) is 1. The summed E-state index contributed by atoms with van der Waals surface area (Å²) < 4.78 is 0. The van der Waals surface area contributed by atoms with Crippen LogP contribution >= 0.6 is 0 Å². The maximum absolute atomic E-state index is 3.69. The Labute approximate surface area is 146 Å². The lowest BCUT2D eigenvalue weighted by atomic mass is 9.95. The van der Waals surface area contributed by atoms with Crippen molar-refractivity contribution < 1.29 is 0 Å². The van der Waals surface area contributed by atoms with Gasteiger partial charge in [0, 0.05) is 22.0 Å². The second-order valence-corrected chi connectivity index (χ2v) is 6.99. The molecule has 122 valence electrons. The standard InChI is InChI=1S/C23H20N2/c1-23(24-2)13-11-19-20(12-14-23)25-22-18-10-6-4-8-16(18)15-7-3-5-9-17(15)21(19)22/h3-14,24-25H,1-2H3. The van der Waals surface area contributed by atoms with E-state index in [1.165, 1.54) is 43.7 Å². The summed E-state index contributed by atoms with van der Waals surface area (Å²) in [7, 11) is 2.00. The molecule has 1 heterocycles. The molecule has 0 bridgehead atoms. The first-order chi connectivity index (χ1) is 12.2. The fraction of sp³-hybridized carbons (Fsp3) is 0.130. The highest BCUT2D eigenvalue weighted by molar-refractivity contribution is 6.26. The molecule has 0 saturated heterocycles. The monoisotopic (exact) mass is 324 g/mol. The van der Waals surface area contributed by atoms with Crippen molar-refractivity contribution in [2.45, 2.75) is 12.5 Å². The molecule has 4 aromatic rings. The minimum Gasteiger partial charge on any atom is -0.354 e. The first-order valence-electron chi connectivity index (χ1n) is 8.73. The van der Waals surface area contributed by atoms with Crippen LogP contribution in [0.4, 0.5) is 0 Å². The van der Waals surface area contributed by atoms with Gasteiger partial charge in [-0.2, -0.15) is 0 Å². The zero-order valence-electron chi connectivity index (χ0n) is 14.4. The molecule has 25 heavy (non-hydrogen) atoms. The van der Waals surface area contributed by atoms with Crippen LogP contribution in [0.5, 0.6) is 0 Å². The van der Waals surface area contributed by atoms with Gasteiger partial charge in [-0.15, -0.1) is 0 Å². The van der Waals surface area contributed by atoms with E-state index in [0.717, 1.165) is 0 Å². The van der Waals surface area contributed by atoms with Crippen LogP contribution in [0, 0.1) is 0 Å². The van der Waals surface area contributed by atoms with Crippen molar-refractivity contribution in [3.63, 3.8) is 0 Å². The second kappa shape index (κ2) is 5.08. The summed E-state index contributed by atoms with van der Waals surface area (Å²) in [6, 6.07) is 17.4. The Hall–Kier alpha value is -2.84. The highest BCUT2D eigenvalue weighted by atomic mass is 14.9. The number of rotatable bonds is 1. The summed E-state index contributed by atoms with van der Waals surface area (Å²) in [5.41, 5.74) is 3.54. The van der Waals surface area contributed by atoms with Crippen molar-refractivity contribution in [3.8, 4) is 0 Å². The maximum atomic E-state index is 3.69. The van der Waals surface area contributed by atoms with Crippen LogP contribution in [0.1, 0.15) is 18.2 Å². The van der Waals surface area contributed by atoms with Gasteiger partial charge >= 0.3 is 0 Å². The van der Waals surface area contributed by atoms with Gasteiger partial charge < -0.3 is 10.3 Å². The van der Waals surface area contributed by atoms with E-state index in [-0.39, 0.29) is 5.54 Å². The summed E-state index contributed by atoms with van der Waals surface area (Å²) in [5, 5.41) is 9.88. The molecule has 1 aliphatic rings. The largest absolute Gasteiger partial charge is 0.354 e. The summed E-state index contributed by atoms with van der Waals surface area (Å²) in [6.45, 7) is 2.18. The molecule has 1 aromatic heterocycles. The third kappa shape index (κ3) is 2.01. The third-order valence-electron chi connectivity index (χ3n) is 5.48. The van der Waals surface area contributed by atoms with Crippen LogP contribution in [0.15, 0.2) is 60.7 Å². The van der Waals surface area contributed by atoms with Crippen molar-refractivity contribution >= 4 is 44.6 Å². The van der Waals surface area contributed by atoms with E-state index in [2.05, 4.69) is 90.1 Å². The lowest BCUT2D eigenvalue weighted by molar-refractivity contribution is 0.593. The third-order valence-corrected chi connectivity index (χ3v) is 5.48. The van der Waals surface area contributed by atoms with Gasteiger partial charge in [-0.25, -0.2) is 0 Å². The molecule has 0 spiro atoms. The van der Waals surface area contributed by atoms with Gasteiger partial charge in [0.2, 0.25) is 0 Å². The number of nitrogens with one attached hydrogen (secondary N) is 2. The van der Waals surface area contributed by atoms with Gasteiger partial charge in [0.15, 0.2) is 0 Å². The number of hydrogen-bond acceptors (Lipinski definition) is 1. The van der Waals surface area contributed by atoms with Crippen LogP contribution in [0.2, 0.25) is 0 Å². The van der Waals surface area contributed by atoms with Crippen molar-refractivity contribution in [3.05, 3.63) is 71.9 Å². The SMILES string of the molecule is CNC1(C)C=Cc2[nH]c3c4ccccc4c4ccccc4c3c2C=C1. The molecule has 0 radical (unpaired) electrons. The summed E-state index contributed by atoms with van der Waals surface area (Å²) in [5.74, 6) is 0. The highest BCUT2D eigenvalue weighted by Crippen LogP contribution is 2.39. The molecule has 1 atom stereocenters. The predicted molar refractivity (Wildman–Crippen MR) is 109 cm³/mol. The number of aromatic nitrogens is 1. The van der Waals surface area contributed by atoms with Gasteiger partial charge in [0.05, 0.1) is 11.1 Å². The van der Waals surface area contributed by atoms with Crippen LogP contribution < -0.4 is 5.32 Å².